The van der Waals surface area contributed by atoms with Crippen LogP contribution in [0.25, 0.3) is 0 Å². The van der Waals surface area contributed by atoms with Crippen molar-refractivity contribution < 1.29 is 23.8 Å². The lowest BCUT2D eigenvalue weighted by Gasteiger charge is -2.33. The Hall–Kier alpha value is -2.15. The van der Waals surface area contributed by atoms with Gasteiger partial charge in [0.05, 0.1) is 12.0 Å². The van der Waals surface area contributed by atoms with Crippen molar-refractivity contribution in [1.82, 2.24) is 10.2 Å². The molecule has 0 aliphatic carbocycles. The van der Waals surface area contributed by atoms with E-state index >= 15 is 0 Å². The van der Waals surface area contributed by atoms with Crippen LogP contribution < -0.4 is 5.32 Å². The van der Waals surface area contributed by atoms with Crippen LogP contribution in [-0.4, -0.2) is 48.2 Å². The Bertz CT molecular complexity index is 596. The van der Waals surface area contributed by atoms with Crippen LogP contribution in [0.15, 0.2) is 24.3 Å². The second-order valence-electron chi connectivity index (χ2n) is 6.04. The minimum atomic E-state index is -0.887. The third-order valence-corrected chi connectivity index (χ3v) is 4.33. The van der Waals surface area contributed by atoms with E-state index in [0.717, 1.165) is 0 Å². The molecule has 7 heteroatoms. The maximum atomic E-state index is 14.0. The molecule has 1 heterocycles. The highest BCUT2D eigenvalue weighted by molar-refractivity contribution is 5.76. The van der Waals surface area contributed by atoms with E-state index < -0.39 is 29.9 Å². The molecule has 0 spiro atoms. The van der Waals surface area contributed by atoms with Gasteiger partial charge < -0.3 is 20.1 Å². The number of nitrogens with one attached hydrogen (secondary N) is 1. The molecule has 24 heavy (non-hydrogen) atoms. The van der Waals surface area contributed by atoms with Crippen LogP contribution in [0.2, 0.25) is 0 Å². The van der Waals surface area contributed by atoms with Gasteiger partial charge in [-0.2, -0.15) is 0 Å². The minimum Gasteiger partial charge on any atom is -0.481 e. The number of urea groups is 1. The summed E-state index contributed by atoms with van der Waals surface area (Å²) >= 11 is 0. The molecule has 1 aromatic rings. The second kappa shape index (κ2) is 8.10. The van der Waals surface area contributed by atoms with E-state index in [1.165, 1.54) is 18.1 Å². The zero-order chi connectivity index (χ0) is 17.7. The lowest BCUT2D eigenvalue weighted by molar-refractivity contribution is -0.143. The van der Waals surface area contributed by atoms with E-state index in [9.17, 15) is 14.0 Å². The van der Waals surface area contributed by atoms with Crippen molar-refractivity contribution in [2.45, 2.75) is 31.9 Å². The number of nitrogens with zero attached hydrogens (tertiary/aromatic N) is 1. The Morgan fingerprint density at radius 3 is 2.75 bits per heavy atom. The first-order valence-corrected chi connectivity index (χ1v) is 7.99. The SMILES string of the molecule is COC(c1ccccc1F)C(C)NC(=O)N1CCCC(C(=O)O)C1. The van der Waals surface area contributed by atoms with E-state index in [1.807, 2.05) is 0 Å². The maximum absolute atomic E-state index is 14.0. The van der Waals surface area contributed by atoms with Crippen molar-refractivity contribution in [3.63, 3.8) is 0 Å². The van der Waals surface area contributed by atoms with Gasteiger partial charge in [0.1, 0.15) is 11.9 Å². The van der Waals surface area contributed by atoms with Gasteiger partial charge in [0.2, 0.25) is 0 Å². The number of methoxy groups -OCH3 is 1. The molecule has 2 N–H and O–H groups in total. The standard InChI is InChI=1S/C17H23FN2O4/c1-11(15(24-2)13-7-3-4-8-14(13)18)19-17(23)20-9-5-6-12(10-20)16(21)22/h3-4,7-8,11-12,15H,5-6,9-10H2,1-2H3,(H,19,23)(H,21,22). The molecule has 132 valence electrons. The van der Waals surface area contributed by atoms with E-state index in [-0.39, 0.29) is 12.6 Å². The van der Waals surface area contributed by atoms with Gasteiger partial charge in [-0.1, -0.05) is 18.2 Å². The molecule has 1 fully saturated rings. The molecule has 1 saturated heterocycles. The number of carbonyl (C=O) groups is 2. The number of carbonyl (C=O) groups excluding carboxylic acids is 1. The first-order chi connectivity index (χ1) is 11.4. The maximum Gasteiger partial charge on any atom is 0.317 e. The number of piperidine rings is 1. The first kappa shape index (κ1) is 18.2. The summed E-state index contributed by atoms with van der Waals surface area (Å²) in [5.74, 6) is -1.82. The molecule has 0 saturated carbocycles. The smallest absolute Gasteiger partial charge is 0.317 e. The topological polar surface area (TPSA) is 78.9 Å². The summed E-state index contributed by atoms with van der Waals surface area (Å²) in [6.07, 6.45) is 0.597. The van der Waals surface area contributed by atoms with Crippen molar-refractivity contribution in [3.8, 4) is 0 Å². The summed E-state index contributed by atoms with van der Waals surface area (Å²) in [4.78, 5) is 25.0. The van der Waals surface area contributed by atoms with Crippen molar-refractivity contribution >= 4 is 12.0 Å². The van der Waals surface area contributed by atoms with Crippen molar-refractivity contribution in [3.05, 3.63) is 35.6 Å². The van der Waals surface area contributed by atoms with E-state index in [0.29, 0.717) is 24.9 Å². The molecule has 2 amide bonds. The highest BCUT2D eigenvalue weighted by Gasteiger charge is 2.30. The molecule has 3 unspecified atom stereocenters. The summed E-state index contributed by atoms with van der Waals surface area (Å²) in [6.45, 7) is 2.43. The summed E-state index contributed by atoms with van der Waals surface area (Å²) in [5.41, 5.74) is 0.370. The molecular formula is C17H23FN2O4. The molecule has 6 nitrogen and oxygen atoms in total. The predicted octanol–water partition coefficient (Wildman–Crippen LogP) is 2.41. The van der Waals surface area contributed by atoms with Gasteiger partial charge in [-0.15, -0.1) is 0 Å². The number of halogens is 1. The van der Waals surface area contributed by atoms with Crippen LogP contribution in [0.5, 0.6) is 0 Å². The Labute approximate surface area is 140 Å². The normalized spacial score (nSPS) is 20.3. The second-order valence-corrected chi connectivity index (χ2v) is 6.04. The Balaban J connectivity index is 2.02. The summed E-state index contributed by atoms with van der Waals surface area (Å²) in [7, 11) is 1.46. The molecule has 1 aliphatic heterocycles. The van der Waals surface area contributed by atoms with E-state index in [4.69, 9.17) is 9.84 Å². The van der Waals surface area contributed by atoms with Crippen molar-refractivity contribution in [2.24, 2.45) is 5.92 Å². The lowest BCUT2D eigenvalue weighted by atomic mass is 9.98. The van der Waals surface area contributed by atoms with Gasteiger partial charge >= 0.3 is 12.0 Å². The molecular weight excluding hydrogens is 315 g/mol. The Morgan fingerprint density at radius 1 is 1.42 bits per heavy atom. The van der Waals surface area contributed by atoms with Crippen LogP contribution in [0.4, 0.5) is 9.18 Å². The fraction of sp³-hybridized carbons (Fsp3) is 0.529. The number of ether oxygens (including phenoxy) is 1. The molecule has 1 aliphatic rings. The fourth-order valence-electron chi connectivity index (χ4n) is 3.03. The first-order valence-electron chi connectivity index (χ1n) is 7.99. The summed E-state index contributed by atoms with van der Waals surface area (Å²) in [6, 6.07) is 5.44. The van der Waals surface area contributed by atoms with Crippen LogP contribution in [0.1, 0.15) is 31.4 Å². The monoisotopic (exact) mass is 338 g/mol. The fourth-order valence-corrected chi connectivity index (χ4v) is 3.03. The molecule has 0 radical (unpaired) electrons. The molecule has 0 bridgehead atoms. The van der Waals surface area contributed by atoms with Gasteiger partial charge in [0, 0.05) is 25.8 Å². The molecule has 1 aromatic carbocycles. The van der Waals surface area contributed by atoms with Crippen molar-refractivity contribution in [1.29, 1.82) is 0 Å². The number of carboxylic acids is 1. The zero-order valence-corrected chi connectivity index (χ0v) is 13.9. The average molecular weight is 338 g/mol. The number of amides is 2. The van der Waals surface area contributed by atoms with E-state index in [2.05, 4.69) is 5.32 Å². The quantitative estimate of drug-likeness (QED) is 0.864. The van der Waals surface area contributed by atoms with Gasteiger partial charge in [0.15, 0.2) is 0 Å². The largest absolute Gasteiger partial charge is 0.481 e. The van der Waals surface area contributed by atoms with Crippen LogP contribution in [-0.2, 0) is 9.53 Å². The van der Waals surface area contributed by atoms with Crippen LogP contribution in [0, 0.1) is 11.7 Å². The number of aliphatic carboxylic acids is 1. The highest BCUT2D eigenvalue weighted by Crippen LogP contribution is 2.24. The van der Waals surface area contributed by atoms with Crippen LogP contribution in [0.3, 0.4) is 0 Å². The van der Waals surface area contributed by atoms with Gasteiger partial charge in [-0.25, -0.2) is 9.18 Å². The predicted molar refractivity (Wildman–Crippen MR) is 86.1 cm³/mol. The van der Waals surface area contributed by atoms with Gasteiger partial charge in [-0.3, -0.25) is 4.79 Å². The van der Waals surface area contributed by atoms with Crippen molar-refractivity contribution in [2.75, 3.05) is 20.2 Å². The van der Waals surface area contributed by atoms with Gasteiger partial charge in [-0.05, 0) is 25.8 Å². The summed E-state index contributed by atoms with van der Waals surface area (Å²) in [5, 5.41) is 11.9. The third-order valence-electron chi connectivity index (χ3n) is 4.33. The number of benzene rings is 1. The zero-order valence-electron chi connectivity index (χ0n) is 13.9. The van der Waals surface area contributed by atoms with Gasteiger partial charge in [0.25, 0.3) is 0 Å². The number of hydrogen-bond acceptors (Lipinski definition) is 3. The number of likely N-dealkylation sites (tertiary alicyclic amines) is 1. The molecule has 3 atom stereocenters. The third kappa shape index (κ3) is 4.23. The minimum absolute atomic E-state index is 0.186. The van der Waals surface area contributed by atoms with E-state index in [1.54, 1.807) is 25.1 Å². The Kier molecular flexibility index (Phi) is 6.14. The number of carboxylic acid groups (broad SMARTS) is 1. The number of rotatable bonds is 5. The highest BCUT2D eigenvalue weighted by atomic mass is 19.1. The summed E-state index contributed by atoms with van der Waals surface area (Å²) < 4.78 is 19.3. The van der Waals surface area contributed by atoms with Crippen LogP contribution >= 0.6 is 0 Å². The molecule has 0 aromatic heterocycles. The lowest BCUT2D eigenvalue weighted by Crippen LogP contribution is -2.50. The average Bonchev–Trinajstić information content (AvgIpc) is 2.57. The number of hydrogen-bond donors (Lipinski definition) is 2. The molecule has 2 rings (SSSR count). The Morgan fingerprint density at radius 2 is 2.12 bits per heavy atom.